The summed E-state index contributed by atoms with van der Waals surface area (Å²) in [4.78, 5) is 22.5. The van der Waals surface area contributed by atoms with Gasteiger partial charge in [-0.05, 0) is 25.9 Å². The van der Waals surface area contributed by atoms with Gasteiger partial charge < -0.3 is 15.6 Å². The van der Waals surface area contributed by atoms with Crippen LogP contribution < -0.4 is 10.6 Å². The molecule has 1 aliphatic rings. The van der Waals surface area contributed by atoms with Gasteiger partial charge in [-0.2, -0.15) is 0 Å². The Labute approximate surface area is 104 Å². The molecule has 6 nitrogen and oxygen atoms in total. The zero-order valence-electron chi connectivity index (χ0n) is 9.94. The van der Waals surface area contributed by atoms with Crippen LogP contribution in [0.4, 0.5) is 5.82 Å². The first-order chi connectivity index (χ1) is 8.86. The number of rotatable bonds is 3. The van der Waals surface area contributed by atoms with E-state index in [2.05, 4.69) is 25.6 Å². The summed E-state index contributed by atoms with van der Waals surface area (Å²) in [7, 11) is 0. The average molecular weight is 245 g/mol. The summed E-state index contributed by atoms with van der Waals surface area (Å²) in [6.07, 6.45) is 6.28. The van der Waals surface area contributed by atoms with E-state index in [1.807, 2.05) is 0 Å². The SMILES string of the molecule is O=Cc1c[nH]c2ncc(NC3CCNCC3)nc12. The zero-order valence-corrected chi connectivity index (χ0v) is 9.94. The van der Waals surface area contributed by atoms with Crippen LogP contribution in [0.15, 0.2) is 12.4 Å². The van der Waals surface area contributed by atoms with Gasteiger partial charge in [0, 0.05) is 12.2 Å². The molecule has 3 heterocycles. The maximum Gasteiger partial charge on any atom is 0.156 e. The Bertz CT molecular complexity index is 559. The van der Waals surface area contributed by atoms with Gasteiger partial charge in [0.15, 0.2) is 11.9 Å². The molecule has 0 aromatic carbocycles. The number of piperidine rings is 1. The summed E-state index contributed by atoms with van der Waals surface area (Å²) in [5.41, 5.74) is 1.82. The highest BCUT2D eigenvalue weighted by atomic mass is 16.1. The van der Waals surface area contributed by atoms with Gasteiger partial charge in [-0.15, -0.1) is 0 Å². The van der Waals surface area contributed by atoms with Crippen molar-refractivity contribution in [2.45, 2.75) is 18.9 Å². The predicted molar refractivity (Wildman–Crippen MR) is 68.8 cm³/mol. The second-order valence-electron chi connectivity index (χ2n) is 4.48. The van der Waals surface area contributed by atoms with Crippen molar-refractivity contribution in [3.05, 3.63) is 18.0 Å². The number of nitrogens with zero attached hydrogens (tertiary/aromatic N) is 2. The van der Waals surface area contributed by atoms with Crippen molar-refractivity contribution in [2.75, 3.05) is 18.4 Å². The standard InChI is InChI=1S/C12H15N5O/c18-7-8-5-14-12-11(8)17-10(6-15-12)16-9-1-3-13-4-2-9/h5-7,9,13H,1-4H2,(H,14,15)(H,16,17). The number of hydrogen-bond acceptors (Lipinski definition) is 5. The van der Waals surface area contributed by atoms with Gasteiger partial charge >= 0.3 is 0 Å². The molecule has 1 aliphatic heterocycles. The number of fused-ring (bicyclic) bond motifs is 1. The van der Waals surface area contributed by atoms with E-state index >= 15 is 0 Å². The molecule has 0 bridgehead atoms. The van der Waals surface area contributed by atoms with Crippen LogP contribution in [0.5, 0.6) is 0 Å². The summed E-state index contributed by atoms with van der Waals surface area (Å²) in [6.45, 7) is 2.05. The van der Waals surface area contributed by atoms with E-state index in [-0.39, 0.29) is 0 Å². The zero-order chi connectivity index (χ0) is 12.4. The molecule has 0 spiro atoms. The maximum absolute atomic E-state index is 10.9. The smallest absolute Gasteiger partial charge is 0.156 e. The Morgan fingerprint density at radius 3 is 3.00 bits per heavy atom. The van der Waals surface area contributed by atoms with Crippen LogP contribution in [-0.2, 0) is 0 Å². The molecule has 1 saturated heterocycles. The van der Waals surface area contributed by atoms with Gasteiger partial charge in [-0.25, -0.2) is 9.97 Å². The number of H-pyrrole nitrogens is 1. The van der Waals surface area contributed by atoms with E-state index in [0.717, 1.165) is 38.0 Å². The minimum atomic E-state index is 0.427. The number of aromatic nitrogens is 3. The molecular formula is C12H15N5O. The van der Waals surface area contributed by atoms with Crippen LogP contribution in [0.3, 0.4) is 0 Å². The third-order valence-electron chi connectivity index (χ3n) is 3.23. The van der Waals surface area contributed by atoms with Crippen LogP contribution in [0.2, 0.25) is 0 Å². The summed E-state index contributed by atoms with van der Waals surface area (Å²) in [5.74, 6) is 0.733. The lowest BCUT2D eigenvalue weighted by Crippen LogP contribution is -2.35. The number of aldehydes is 1. The van der Waals surface area contributed by atoms with Crippen molar-refractivity contribution in [1.29, 1.82) is 0 Å². The van der Waals surface area contributed by atoms with Crippen molar-refractivity contribution in [3.63, 3.8) is 0 Å². The summed E-state index contributed by atoms with van der Waals surface area (Å²) < 4.78 is 0. The minimum Gasteiger partial charge on any atom is -0.366 e. The quantitative estimate of drug-likeness (QED) is 0.701. The number of carbonyl (C=O) groups is 1. The number of hydrogen-bond donors (Lipinski definition) is 3. The molecule has 0 radical (unpaired) electrons. The predicted octanol–water partition coefficient (Wildman–Crippen LogP) is 0.934. The van der Waals surface area contributed by atoms with Gasteiger partial charge in [0.25, 0.3) is 0 Å². The lowest BCUT2D eigenvalue weighted by molar-refractivity contribution is 0.112. The van der Waals surface area contributed by atoms with Crippen LogP contribution in [-0.4, -0.2) is 40.4 Å². The Morgan fingerprint density at radius 2 is 2.22 bits per heavy atom. The van der Waals surface area contributed by atoms with Crippen molar-refractivity contribution >= 4 is 23.3 Å². The van der Waals surface area contributed by atoms with E-state index in [9.17, 15) is 4.79 Å². The van der Waals surface area contributed by atoms with Gasteiger partial charge in [0.05, 0.1) is 11.8 Å². The van der Waals surface area contributed by atoms with Gasteiger partial charge in [-0.1, -0.05) is 0 Å². The van der Waals surface area contributed by atoms with E-state index < -0.39 is 0 Å². The Balaban J connectivity index is 1.85. The summed E-state index contributed by atoms with van der Waals surface area (Å²) >= 11 is 0. The Kier molecular flexibility index (Phi) is 2.93. The molecule has 94 valence electrons. The highest BCUT2D eigenvalue weighted by Crippen LogP contribution is 2.16. The Morgan fingerprint density at radius 1 is 1.39 bits per heavy atom. The number of aromatic amines is 1. The molecule has 2 aromatic rings. The summed E-state index contributed by atoms with van der Waals surface area (Å²) in [5, 5.41) is 6.69. The first-order valence-electron chi connectivity index (χ1n) is 6.13. The molecule has 0 atom stereocenters. The number of anilines is 1. The fourth-order valence-corrected chi connectivity index (χ4v) is 2.25. The molecule has 3 rings (SSSR count). The molecule has 18 heavy (non-hydrogen) atoms. The fraction of sp³-hybridized carbons (Fsp3) is 0.417. The van der Waals surface area contributed by atoms with Crippen molar-refractivity contribution < 1.29 is 4.79 Å². The lowest BCUT2D eigenvalue weighted by Gasteiger charge is -2.23. The highest BCUT2D eigenvalue weighted by molar-refractivity contribution is 5.93. The third-order valence-corrected chi connectivity index (χ3v) is 3.23. The maximum atomic E-state index is 10.9. The molecule has 3 N–H and O–H groups in total. The van der Waals surface area contributed by atoms with Gasteiger partial charge in [-0.3, -0.25) is 4.79 Å². The normalized spacial score (nSPS) is 16.9. The topological polar surface area (TPSA) is 82.7 Å². The molecular weight excluding hydrogens is 230 g/mol. The molecule has 1 fully saturated rings. The molecule has 0 amide bonds. The second-order valence-corrected chi connectivity index (χ2v) is 4.48. The molecule has 0 saturated carbocycles. The minimum absolute atomic E-state index is 0.427. The van der Waals surface area contributed by atoms with Gasteiger partial charge in [0.2, 0.25) is 0 Å². The molecule has 6 heteroatoms. The molecule has 0 aliphatic carbocycles. The van der Waals surface area contributed by atoms with Crippen LogP contribution in [0.25, 0.3) is 11.2 Å². The molecule has 2 aromatic heterocycles. The third kappa shape index (κ3) is 2.06. The monoisotopic (exact) mass is 245 g/mol. The highest BCUT2D eigenvalue weighted by Gasteiger charge is 2.14. The second kappa shape index (κ2) is 4.73. The Hall–Kier alpha value is -1.95. The van der Waals surface area contributed by atoms with Crippen LogP contribution in [0.1, 0.15) is 23.2 Å². The van der Waals surface area contributed by atoms with Crippen molar-refractivity contribution in [3.8, 4) is 0 Å². The summed E-state index contributed by atoms with van der Waals surface area (Å²) in [6, 6.07) is 0.427. The van der Waals surface area contributed by atoms with E-state index in [4.69, 9.17) is 0 Å². The van der Waals surface area contributed by atoms with Crippen LogP contribution in [0, 0.1) is 0 Å². The largest absolute Gasteiger partial charge is 0.366 e. The van der Waals surface area contributed by atoms with Crippen LogP contribution >= 0.6 is 0 Å². The number of nitrogens with one attached hydrogen (secondary N) is 3. The average Bonchev–Trinajstić information content (AvgIpc) is 2.82. The van der Waals surface area contributed by atoms with Gasteiger partial charge in [0.1, 0.15) is 11.3 Å². The number of carbonyl (C=O) groups excluding carboxylic acids is 1. The lowest BCUT2D eigenvalue weighted by atomic mass is 10.1. The first-order valence-corrected chi connectivity index (χ1v) is 6.13. The molecule has 0 unspecified atom stereocenters. The van der Waals surface area contributed by atoms with E-state index in [1.54, 1.807) is 12.4 Å². The van der Waals surface area contributed by atoms with E-state index in [0.29, 0.717) is 22.8 Å². The fourth-order valence-electron chi connectivity index (χ4n) is 2.25. The first kappa shape index (κ1) is 11.2. The van der Waals surface area contributed by atoms with E-state index in [1.165, 1.54) is 0 Å². The van der Waals surface area contributed by atoms with Crippen molar-refractivity contribution in [1.82, 2.24) is 20.3 Å². The van der Waals surface area contributed by atoms with Crippen molar-refractivity contribution in [2.24, 2.45) is 0 Å².